The van der Waals surface area contributed by atoms with Gasteiger partial charge in [0.05, 0.1) is 21.3 Å². The summed E-state index contributed by atoms with van der Waals surface area (Å²) in [7, 11) is -1.50. The molecule has 0 saturated heterocycles. The van der Waals surface area contributed by atoms with Gasteiger partial charge in [0.15, 0.2) is 0 Å². The van der Waals surface area contributed by atoms with E-state index in [-0.39, 0.29) is 5.56 Å². The summed E-state index contributed by atoms with van der Waals surface area (Å²) in [5.41, 5.74) is -1.47. The summed E-state index contributed by atoms with van der Waals surface area (Å²) in [6.45, 7) is 6.62. The summed E-state index contributed by atoms with van der Waals surface area (Å²) in [5.74, 6) is -1.33. The molecule has 7 heteroatoms. The normalized spacial score (nSPS) is 16.0. The van der Waals surface area contributed by atoms with Gasteiger partial charge >= 0.3 is 6.18 Å². The van der Waals surface area contributed by atoms with Crippen molar-refractivity contribution in [2.24, 2.45) is 0 Å². The van der Waals surface area contributed by atoms with Crippen LogP contribution in [0.5, 0.6) is 0 Å². The van der Waals surface area contributed by atoms with Gasteiger partial charge in [0.1, 0.15) is 5.82 Å². The highest BCUT2D eigenvalue weighted by Gasteiger charge is 2.35. The first kappa shape index (κ1) is 17.1. The largest absolute Gasteiger partial charge is 0.419 e. The average molecular weight is 311 g/mol. The van der Waals surface area contributed by atoms with Gasteiger partial charge in [0, 0.05) is 11.6 Å². The Hall–Kier alpha value is -0.950. The van der Waals surface area contributed by atoms with E-state index in [1.54, 1.807) is 20.8 Å². The molecule has 1 aromatic rings. The smallest absolute Gasteiger partial charge is 0.242 e. The van der Waals surface area contributed by atoms with Crippen LogP contribution in [-0.4, -0.2) is 8.96 Å². The van der Waals surface area contributed by atoms with Crippen molar-refractivity contribution >= 4 is 11.0 Å². The van der Waals surface area contributed by atoms with Crippen molar-refractivity contribution in [1.82, 2.24) is 4.72 Å². The third kappa shape index (κ3) is 4.02. The summed E-state index contributed by atoms with van der Waals surface area (Å²) in [6, 6.07) is 2.28. The number of benzene rings is 1. The Bertz CT molecular complexity index is 508. The molecule has 0 aliphatic carbocycles. The van der Waals surface area contributed by atoms with Gasteiger partial charge in [-0.2, -0.15) is 13.2 Å². The molecule has 0 aliphatic rings. The molecule has 2 atom stereocenters. The summed E-state index contributed by atoms with van der Waals surface area (Å²) in [4.78, 5) is 0. The summed E-state index contributed by atoms with van der Waals surface area (Å²) >= 11 is 0. The highest BCUT2D eigenvalue weighted by atomic mass is 32.2. The Morgan fingerprint density at radius 2 is 1.75 bits per heavy atom. The second-order valence-corrected chi connectivity index (χ2v) is 7.43. The molecule has 0 bridgehead atoms. The molecule has 0 aliphatic heterocycles. The summed E-state index contributed by atoms with van der Waals surface area (Å²) < 4.78 is 65.7. The van der Waals surface area contributed by atoms with Crippen LogP contribution < -0.4 is 4.72 Å². The third-order valence-electron chi connectivity index (χ3n) is 2.64. The van der Waals surface area contributed by atoms with Crippen LogP contribution in [0.15, 0.2) is 18.2 Å². The zero-order valence-corrected chi connectivity index (χ0v) is 12.5. The Morgan fingerprint density at radius 3 is 2.20 bits per heavy atom. The van der Waals surface area contributed by atoms with Crippen LogP contribution in [0.25, 0.3) is 0 Å². The molecule has 1 aromatic carbocycles. The fourth-order valence-corrected chi connectivity index (χ4v) is 2.31. The van der Waals surface area contributed by atoms with E-state index in [0.29, 0.717) is 6.07 Å². The molecule has 0 radical (unpaired) electrons. The molecular weight excluding hydrogens is 294 g/mol. The average Bonchev–Trinajstić information content (AvgIpc) is 2.26. The van der Waals surface area contributed by atoms with Crippen molar-refractivity contribution in [3.8, 4) is 0 Å². The zero-order valence-electron chi connectivity index (χ0n) is 11.6. The molecule has 0 saturated carbocycles. The molecule has 0 amide bonds. The Kier molecular flexibility index (Phi) is 4.97. The van der Waals surface area contributed by atoms with Gasteiger partial charge in [-0.25, -0.2) is 13.3 Å². The van der Waals surface area contributed by atoms with E-state index >= 15 is 0 Å². The molecule has 0 spiro atoms. The minimum atomic E-state index is -4.75. The van der Waals surface area contributed by atoms with Crippen LogP contribution in [0.1, 0.15) is 44.9 Å². The van der Waals surface area contributed by atoms with E-state index in [0.717, 1.165) is 6.07 Å². The predicted octanol–water partition coefficient (Wildman–Crippen LogP) is 3.96. The molecule has 0 heterocycles. The maximum Gasteiger partial charge on any atom is 0.419 e. The lowest BCUT2D eigenvalue weighted by molar-refractivity contribution is -0.140. The molecule has 20 heavy (non-hydrogen) atoms. The second-order valence-electron chi connectivity index (χ2n) is 5.43. The van der Waals surface area contributed by atoms with Gasteiger partial charge in [0.2, 0.25) is 0 Å². The second kappa shape index (κ2) is 5.81. The SMILES string of the molecule is C[C@@H](NS(=O)C(C)(C)C)c1cccc(C(F)(F)F)c1F. The fourth-order valence-electron chi connectivity index (χ4n) is 1.50. The Labute approximate surface area is 118 Å². The van der Waals surface area contributed by atoms with Crippen molar-refractivity contribution in [2.75, 3.05) is 0 Å². The Morgan fingerprint density at radius 1 is 1.20 bits per heavy atom. The Balaban J connectivity index is 3.07. The number of halogens is 4. The standard InChI is InChI=1S/C13H17F4NOS/c1-8(18-20(19)12(2,3)4)9-6-5-7-10(11(9)14)13(15,16)17/h5-8,18H,1-4H3/t8-,20?/m1/s1. The first-order valence-electron chi connectivity index (χ1n) is 5.98. The predicted molar refractivity (Wildman–Crippen MR) is 70.8 cm³/mol. The number of nitrogens with one attached hydrogen (secondary N) is 1. The number of hydrogen-bond acceptors (Lipinski definition) is 1. The van der Waals surface area contributed by atoms with Crippen molar-refractivity contribution in [3.05, 3.63) is 35.1 Å². The van der Waals surface area contributed by atoms with Crippen molar-refractivity contribution in [3.63, 3.8) is 0 Å². The zero-order chi connectivity index (χ0) is 15.7. The van der Waals surface area contributed by atoms with Crippen molar-refractivity contribution in [2.45, 2.75) is 44.7 Å². The minimum Gasteiger partial charge on any atom is -0.242 e. The lowest BCUT2D eigenvalue weighted by Crippen LogP contribution is -2.35. The van der Waals surface area contributed by atoms with Gasteiger partial charge in [-0.3, -0.25) is 0 Å². The van der Waals surface area contributed by atoms with E-state index < -0.39 is 39.3 Å². The van der Waals surface area contributed by atoms with Gasteiger partial charge in [-0.05, 0) is 33.8 Å². The van der Waals surface area contributed by atoms with E-state index in [9.17, 15) is 21.8 Å². The van der Waals surface area contributed by atoms with E-state index in [1.807, 2.05) is 0 Å². The molecule has 114 valence electrons. The van der Waals surface area contributed by atoms with Crippen LogP contribution in [0.3, 0.4) is 0 Å². The monoisotopic (exact) mass is 311 g/mol. The lowest BCUT2D eigenvalue weighted by Gasteiger charge is -2.23. The third-order valence-corrected chi connectivity index (χ3v) is 4.32. The molecule has 1 rings (SSSR count). The molecule has 1 unspecified atom stereocenters. The van der Waals surface area contributed by atoms with E-state index in [2.05, 4.69) is 4.72 Å². The maximum atomic E-state index is 13.9. The lowest BCUT2D eigenvalue weighted by atomic mass is 10.0. The summed E-state index contributed by atoms with van der Waals surface area (Å²) in [6.07, 6.45) is -4.75. The van der Waals surface area contributed by atoms with Crippen LogP contribution in [-0.2, 0) is 17.2 Å². The number of hydrogen-bond donors (Lipinski definition) is 1. The van der Waals surface area contributed by atoms with E-state index in [4.69, 9.17) is 0 Å². The molecule has 0 fully saturated rings. The highest BCUT2D eigenvalue weighted by molar-refractivity contribution is 7.84. The van der Waals surface area contributed by atoms with E-state index in [1.165, 1.54) is 13.0 Å². The van der Waals surface area contributed by atoms with Crippen LogP contribution in [0.2, 0.25) is 0 Å². The highest BCUT2D eigenvalue weighted by Crippen LogP contribution is 2.34. The maximum absolute atomic E-state index is 13.9. The first-order valence-corrected chi connectivity index (χ1v) is 7.13. The van der Waals surface area contributed by atoms with Gasteiger partial charge in [-0.15, -0.1) is 0 Å². The van der Waals surface area contributed by atoms with Gasteiger partial charge in [-0.1, -0.05) is 12.1 Å². The number of alkyl halides is 3. The molecular formula is C13H17F4NOS. The number of rotatable bonds is 3. The summed E-state index contributed by atoms with van der Waals surface area (Å²) in [5, 5.41) is 0. The molecule has 0 aromatic heterocycles. The van der Waals surface area contributed by atoms with Crippen molar-refractivity contribution < 1.29 is 21.8 Å². The van der Waals surface area contributed by atoms with Crippen LogP contribution >= 0.6 is 0 Å². The van der Waals surface area contributed by atoms with Gasteiger partial charge < -0.3 is 0 Å². The van der Waals surface area contributed by atoms with Gasteiger partial charge in [0.25, 0.3) is 0 Å². The minimum absolute atomic E-state index is 0.155. The molecule has 1 N–H and O–H groups in total. The van der Waals surface area contributed by atoms with Crippen LogP contribution in [0.4, 0.5) is 17.6 Å². The topological polar surface area (TPSA) is 29.1 Å². The van der Waals surface area contributed by atoms with Crippen LogP contribution in [0, 0.1) is 5.82 Å². The first-order chi connectivity index (χ1) is 8.94. The molecule has 2 nitrogen and oxygen atoms in total. The quantitative estimate of drug-likeness (QED) is 0.841. The van der Waals surface area contributed by atoms with Crippen molar-refractivity contribution in [1.29, 1.82) is 0 Å². The fraction of sp³-hybridized carbons (Fsp3) is 0.538.